The maximum Gasteiger partial charge on any atom is 0.243 e. The quantitative estimate of drug-likeness (QED) is 0.207. The highest BCUT2D eigenvalue weighted by atomic mass is 35.5. The molecular weight excluding hydrogens is 629 g/mol. The second kappa shape index (κ2) is 16.0. The van der Waals surface area contributed by atoms with Crippen molar-refractivity contribution in [2.75, 3.05) is 17.1 Å². The zero-order chi connectivity index (χ0) is 32.6. The first-order chi connectivity index (χ1) is 21.4. The number of aryl methyl sites for hydroxylation is 2. The number of rotatable bonds is 13. The van der Waals surface area contributed by atoms with Gasteiger partial charge in [-0.05, 0) is 79.6 Å². The molecule has 0 aromatic heterocycles. The molecular formula is C35H43Cl2N3O4S. The number of benzene rings is 3. The summed E-state index contributed by atoms with van der Waals surface area (Å²) in [5.41, 5.74) is 4.08. The van der Waals surface area contributed by atoms with Crippen LogP contribution in [0.1, 0.15) is 67.2 Å². The molecule has 10 heteroatoms. The van der Waals surface area contributed by atoms with Crippen LogP contribution in [0, 0.1) is 13.8 Å². The third-order valence-corrected chi connectivity index (χ3v) is 10.0. The molecule has 0 saturated heterocycles. The van der Waals surface area contributed by atoms with Crippen molar-refractivity contribution in [3.05, 3.63) is 99.0 Å². The van der Waals surface area contributed by atoms with E-state index < -0.39 is 16.1 Å². The van der Waals surface area contributed by atoms with E-state index in [9.17, 15) is 18.0 Å². The van der Waals surface area contributed by atoms with E-state index >= 15 is 0 Å². The number of hydrogen-bond donors (Lipinski definition) is 1. The van der Waals surface area contributed by atoms with Crippen molar-refractivity contribution >= 4 is 50.7 Å². The van der Waals surface area contributed by atoms with Gasteiger partial charge in [0, 0.05) is 42.0 Å². The SMILES string of the molecule is Cc1cc(C)cc(N(CCCC(=O)N(Cc2ccc(Cl)cc2Cl)[C@@H](Cc2ccccc2)C(=O)NC2CCCCC2)S(C)(=O)=O)c1. The second-order valence-electron chi connectivity index (χ2n) is 12.1. The zero-order valence-corrected chi connectivity index (χ0v) is 28.6. The summed E-state index contributed by atoms with van der Waals surface area (Å²) >= 11 is 12.7. The van der Waals surface area contributed by atoms with E-state index in [1.54, 1.807) is 23.1 Å². The molecule has 1 atom stereocenters. The summed E-state index contributed by atoms with van der Waals surface area (Å²) in [6.07, 6.45) is 6.94. The Hall–Kier alpha value is -3.07. The minimum atomic E-state index is -3.60. The van der Waals surface area contributed by atoms with Gasteiger partial charge in [0.25, 0.3) is 0 Å². The van der Waals surface area contributed by atoms with Crippen molar-refractivity contribution in [3.8, 4) is 0 Å². The third-order valence-electron chi connectivity index (χ3n) is 8.23. The van der Waals surface area contributed by atoms with E-state index in [1.165, 1.54) is 10.6 Å². The highest BCUT2D eigenvalue weighted by Crippen LogP contribution is 2.26. The summed E-state index contributed by atoms with van der Waals surface area (Å²) in [7, 11) is -3.60. The van der Waals surface area contributed by atoms with Gasteiger partial charge in [-0.25, -0.2) is 8.42 Å². The van der Waals surface area contributed by atoms with Crippen molar-refractivity contribution in [2.45, 2.75) is 83.8 Å². The summed E-state index contributed by atoms with van der Waals surface area (Å²) in [5.74, 6) is -0.452. The fourth-order valence-corrected chi connectivity index (χ4v) is 7.45. The van der Waals surface area contributed by atoms with Crippen LogP contribution < -0.4 is 9.62 Å². The minimum absolute atomic E-state index is 0.0457. The van der Waals surface area contributed by atoms with Gasteiger partial charge in [0.1, 0.15) is 6.04 Å². The fourth-order valence-electron chi connectivity index (χ4n) is 6.03. The summed E-state index contributed by atoms with van der Waals surface area (Å²) in [6, 6.07) is 19.7. The number of anilines is 1. The van der Waals surface area contributed by atoms with Crippen LogP contribution in [-0.2, 0) is 32.6 Å². The van der Waals surface area contributed by atoms with Gasteiger partial charge in [-0.2, -0.15) is 0 Å². The molecule has 242 valence electrons. The molecule has 0 unspecified atom stereocenters. The Morgan fingerprint density at radius 3 is 2.22 bits per heavy atom. The highest BCUT2D eigenvalue weighted by molar-refractivity contribution is 7.92. The van der Waals surface area contributed by atoms with Crippen LogP contribution in [0.4, 0.5) is 5.69 Å². The number of sulfonamides is 1. The molecule has 1 saturated carbocycles. The summed E-state index contributed by atoms with van der Waals surface area (Å²) in [5, 5.41) is 4.12. The Labute approximate surface area is 278 Å². The van der Waals surface area contributed by atoms with Crippen LogP contribution in [0.2, 0.25) is 10.0 Å². The fraction of sp³-hybridized carbons (Fsp3) is 0.429. The van der Waals surface area contributed by atoms with Crippen molar-refractivity contribution in [3.63, 3.8) is 0 Å². The van der Waals surface area contributed by atoms with E-state index in [4.69, 9.17) is 23.2 Å². The molecule has 0 spiro atoms. The lowest BCUT2D eigenvalue weighted by Crippen LogP contribution is -2.53. The van der Waals surface area contributed by atoms with Gasteiger partial charge in [-0.1, -0.05) is 84.9 Å². The zero-order valence-electron chi connectivity index (χ0n) is 26.3. The Morgan fingerprint density at radius 1 is 0.933 bits per heavy atom. The van der Waals surface area contributed by atoms with Crippen molar-refractivity contribution in [2.24, 2.45) is 0 Å². The Bertz CT molecular complexity index is 1560. The first-order valence-electron chi connectivity index (χ1n) is 15.5. The monoisotopic (exact) mass is 671 g/mol. The largest absolute Gasteiger partial charge is 0.352 e. The molecule has 3 aromatic carbocycles. The van der Waals surface area contributed by atoms with Crippen LogP contribution in [0.3, 0.4) is 0 Å². The molecule has 0 bridgehead atoms. The maximum absolute atomic E-state index is 14.1. The Morgan fingerprint density at radius 2 is 1.60 bits per heavy atom. The Balaban J connectivity index is 1.62. The predicted molar refractivity (Wildman–Crippen MR) is 183 cm³/mol. The number of carbonyl (C=O) groups excluding carboxylic acids is 2. The molecule has 1 aliphatic rings. The van der Waals surface area contributed by atoms with Gasteiger partial charge >= 0.3 is 0 Å². The molecule has 4 rings (SSSR count). The van der Waals surface area contributed by atoms with Crippen LogP contribution in [0.25, 0.3) is 0 Å². The first kappa shape index (κ1) is 34.8. The average molecular weight is 673 g/mol. The molecule has 3 aromatic rings. The standard InChI is InChI=1S/C35H43Cl2N3O4S/c1-25-19-26(2)21-31(20-25)40(45(3,43)44)18-10-15-34(41)39(24-28-16-17-29(36)23-32(28)37)33(22-27-11-6-4-7-12-27)35(42)38-30-13-8-5-9-14-30/h4,6-7,11-12,16-17,19-21,23,30,33H,5,8-10,13-15,18,22,24H2,1-3H3,(H,38,42)/t33-/m0/s1. The summed E-state index contributed by atoms with van der Waals surface area (Å²) in [4.78, 5) is 29.7. The number of hydrogen-bond acceptors (Lipinski definition) is 4. The number of carbonyl (C=O) groups is 2. The second-order valence-corrected chi connectivity index (χ2v) is 14.8. The molecule has 1 N–H and O–H groups in total. The van der Waals surface area contributed by atoms with Crippen LogP contribution in [-0.4, -0.2) is 50.0 Å². The van der Waals surface area contributed by atoms with E-state index in [1.807, 2.05) is 62.4 Å². The molecule has 1 fully saturated rings. The lowest BCUT2D eigenvalue weighted by atomic mass is 9.94. The van der Waals surface area contributed by atoms with Gasteiger partial charge in [0.15, 0.2) is 0 Å². The van der Waals surface area contributed by atoms with Crippen LogP contribution >= 0.6 is 23.2 Å². The maximum atomic E-state index is 14.1. The number of amides is 2. The van der Waals surface area contributed by atoms with Gasteiger partial charge in [-0.3, -0.25) is 13.9 Å². The van der Waals surface area contributed by atoms with Gasteiger partial charge in [0.2, 0.25) is 21.8 Å². The smallest absolute Gasteiger partial charge is 0.243 e. The summed E-state index contributed by atoms with van der Waals surface area (Å²) < 4.78 is 27.0. The molecule has 0 heterocycles. The lowest BCUT2D eigenvalue weighted by Gasteiger charge is -2.34. The predicted octanol–water partition coefficient (Wildman–Crippen LogP) is 7.25. The highest BCUT2D eigenvalue weighted by Gasteiger charge is 2.32. The molecule has 0 radical (unpaired) electrons. The molecule has 0 aliphatic heterocycles. The number of halogens is 2. The first-order valence-corrected chi connectivity index (χ1v) is 18.1. The van der Waals surface area contributed by atoms with Gasteiger partial charge in [0.05, 0.1) is 11.9 Å². The van der Waals surface area contributed by atoms with Gasteiger partial charge in [-0.15, -0.1) is 0 Å². The van der Waals surface area contributed by atoms with Crippen molar-refractivity contribution < 1.29 is 18.0 Å². The van der Waals surface area contributed by atoms with Crippen molar-refractivity contribution in [1.82, 2.24) is 10.2 Å². The van der Waals surface area contributed by atoms with Crippen LogP contribution in [0.15, 0.2) is 66.7 Å². The van der Waals surface area contributed by atoms with Crippen LogP contribution in [0.5, 0.6) is 0 Å². The third kappa shape index (κ3) is 10.2. The molecule has 7 nitrogen and oxygen atoms in total. The van der Waals surface area contributed by atoms with Crippen molar-refractivity contribution in [1.29, 1.82) is 0 Å². The molecule has 2 amide bonds. The van der Waals surface area contributed by atoms with E-state index in [-0.39, 0.29) is 43.8 Å². The number of nitrogens with one attached hydrogen (secondary N) is 1. The normalized spacial score (nSPS) is 14.5. The number of nitrogens with zero attached hydrogens (tertiary/aromatic N) is 2. The summed E-state index contributed by atoms with van der Waals surface area (Å²) in [6.45, 7) is 4.08. The van der Waals surface area contributed by atoms with Gasteiger partial charge < -0.3 is 10.2 Å². The molecule has 45 heavy (non-hydrogen) atoms. The average Bonchev–Trinajstić information content (AvgIpc) is 2.98. The van der Waals surface area contributed by atoms with E-state index in [0.29, 0.717) is 27.7 Å². The lowest BCUT2D eigenvalue weighted by molar-refractivity contribution is -0.141. The Kier molecular flexibility index (Phi) is 12.3. The van der Waals surface area contributed by atoms with E-state index in [0.717, 1.165) is 48.8 Å². The van der Waals surface area contributed by atoms with E-state index in [2.05, 4.69) is 5.32 Å². The minimum Gasteiger partial charge on any atom is -0.352 e. The molecule has 1 aliphatic carbocycles. The topological polar surface area (TPSA) is 86.8 Å².